The van der Waals surface area contributed by atoms with Gasteiger partial charge in [0, 0.05) is 24.2 Å². The molecular formula is C10H8ClN3. The molecule has 0 saturated heterocycles. The second-order valence-electron chi connectivity index (χ2n) is 2.83. The molecule has 0 aliphatic carbocycles. The van der Waals surface area contributed by atoms with E-state index >= 15 is 0 Å². The molecule has 0 aliphatic heterocycles. The molecular weight excluding hydrogens is 198 g/mol. The van der Waals surface area contributed by atoms with Crippen LogP contribution >= 0.6 is 11.6 Å². The minimum absolute atomic E-state index is 0.576. The molecule has 0 atom stereocenters. The maximum absolute atomic E-state index is 5.82. The summed E-state index contributed by atoms with van der Waals surface area (Å²) < 4.78 is 0. The molecule has 0 radical (unpaired) electrons. The number of aromatic nitrogens is 2. The van der Waals surface area contributed by atoms with Crippen LogP contribution in [0.15, 0.2) is 36.8 Å². The van der Waals surface area contributed by atoms with Crippen molar-refractivity contribution in [2.75, 3.05) is 5.73 Å². The van der Waals surface area contributed by atoms with Crippen LogP contribution in [-0.4, -0.2) is 9.97 Å². The first-order chi connectivity index (χ1) is 6.77. The molecule has 3 nitrogen and oxygen atoms in total. The van der Waals surface area contributed by atoms with Gasteiger partial charge in [-0.25, -0.2) is 0 Å². The third-order valence-electron chi connectivity index (χ3n) is 1.82. The molecule has 2 rings (SSSR count). The summed E-state index contributed by atoms with van der Waals surface area (Å²) in [6.07, 6.45) is 4.95. The van der Waals surface area contributed by atoms with Gasteiger partial charge < -0.3 is 5.73 Å². The molecule has 4 heteroatoms. The lowest BCUT2D eigenvalue weighted by atomic mass is 10.1. The van der Waals surface area contributed by atoms with Gasteiger partial charge in [0.15, 0.2) is 0 Å². The zero-order valence-electron chi connectivity index (χ0n) is 7.31. The minimum Gasteiger partial charge on any atom is -0.397 e. The van der Waals surface area contributed by atoms with Gasteiger partial charge in [-0.05, 0) is 18.2 Å². The third-order valence-corrected chi connectivity index (χ3v) is 2.02. The molecule has 0 aliphatic rings. The van der Waals surface area contributed by atoms with E-state index in [9.17, 15) is 0 Å². The van der Waals surface area contributed by atoms with Crippen molar-refractivity contribution >= 4 is 17.3 Å². The van der Waals surface area contributed by atoms with Gasteiger partial charge in [0.2, 0.25) is 0 Å². The minimum atomic E-state index is 0.576. The van der Waals surface area contributed by atoms with Gasteiger partial charge in [-0.3, -0.25) is 9.97 Å². The van der Waals surface area contributed by atoms with E-state index in [0.29, 0.717) is 16.4 Å². The number of nitrogen functional groups attached to an aromatic ring is 1. The van der Waals surface area contributed by atoms with Crippen LogP contribution < -0.4 is 5.73 Å². The molecule has 0 aromatic carbocycles. The van der Waals surface area contributed by atoms with Crippen LogP contribution in [0.25, 0.3) is 11.3 Å². The van der Waals surface area contributed by atoms with E-state index in [1.807, 2.05) is 0 Å². The Kier molecular flexibility index (Phi) is 2.33. The number of nitrogens with zero attached hydrogens (tertiary/aromatic N) is 2. The highest BCUT2D eigenvalue weighted by atomic mass is 35.5. The van der Waals surface area contributed by atoms with Gasteiger partial charge in [-0.15, -0.1) is 0 Å². The lowest BCUT2D eigenvalue weighted by Gasteiger charge is -2.03. The van der Waals surface area contributed by atoms with Crippen LogP contribution in [0, 0.1) is 0 Å². The molecule has 0 amide bonds. The summed E-state index contributed by atoms with van der Waals surface area (Å²) >= 11 is 5.82. The fourth-order valence-electron chi connectivity index (χ4n) is 1.20. The van der Waals surface area contributed by atoms with Crippen molar-refractivity contribution in [2.45, 2.75) is 0 Å². The maximum atomic E-state index is 5.82. The van der Waals surface area contributed by atoms with E-state index in [1.54, 1.807) is 36.8 Å². The highest BCUT2D eigenvalue weighted by Gasteiger charge is 2.03. The lowest BCUT2D eigenvalue weighted by Crippen LogP contribution is -1.92. The van der Waals surface area contributed by atoms with E-state index in [2.05, 4.69) is 9.97 Å². The lowest BCUT2D eigenvalue weighted by molar-refractivity contribution is 1.28. The van der Waals surface area contributed by atoms with Gasteiger partial charge >= 0.3 is 0 Å². The zero-order chi connectivity index (χ0) is 9.97. The summed E-state index contributed by atoms with van der Waals surface area (Å²) in [7, 11) is 0. The number of anilines is 1. The average Bonchev–Trinajstić information content (AvgIpc) is 2.18. The topological polar surface area (TPSA) is 51.8 Å². The summed E-state index contributed by atoms with van der Waals surface area (Å²) in [5.41, 5.74) is 7.93. The van der Waals surface area contributed by atoms with Crippen molar-refractivity contribution in [3.8, 4) is 11.3 Å². The first-order valence-electron chi connectivity index (χ1n) is 4.09. The van der Waals surface area contributed by atoms with Gasteiger partial charge in [0.25, 0.3) is 0 Å². The molecule has 0 unspecified atom stereocenters. The summed E-state index contributed by atoms with van der Waals surface area (Å²) in [4.78, 5) is 8.14. The highest BCUT2D eigenvalue weighted by molar-refractivity contribution is 6.30. The Morgan fingerprint density at radius 3 is 2.86 bits per heavy atom. The predicted octanol–water partition coefficient (Wildman–Crippen LogP) is 2.38. The van der Waals surface area contributed by atoms with Crippen LogP contribution in [0.5, 0.6) is 0 Å². The molecule has 70 valence electrons. The van der Waals surface area contributed by atoms with Gasteiger partial charge in [-0.2, -0.15) is 0 Å². The second-order valence-corrected chi connectivity index (χ2v) is 3.27. The van der Waals surface area contributed by atoms with Crippen LogP contribution in [0.2, 0.25) is 5.02 Å². The largest absolute Gasteiger partial charge is 0.397 e. The van der Waals surface area contributed by atoms with Crippen LogP contribution in [0.4, 0.5) is 5.69 Å². The first-order valence-corrected chi connectivity index (χ1v) is 4.46. The second kappa shape index (κ2) is 3.64. The Morgan fingerprint density at radius 2 is 2.14 bits per heavy atom. The average molecular weight is 206 g/mol. The number of hydrogen-bond acceptors (Lipinski definition) is 3. The van der Waals surface area contributed by atoms with Gasteiger partial charge in [0.1, 0.15) is 0 Å². The maximum Gasteiger partial charge on any atom is 0.0947 e. The number of rotatable bonds is 1. The van der Waals surface area contributed by atoms with Crippen LogP contribution in [0.1, 0.15) is 0 Å². The van der Waals surface area contributed by atoms with E-state index < -0.39 is 0 Å². The summed E-state index contributed by atoms with van der Waals surface area (Å²) in [6, 6.07) is 5.37. The van der Waals surface area contributed by atoms with Crippen molar-refractivity contribution in [1.29, 1.82) is 0 Å². The van der Waals surface area contributed by atoms with E-state index in [4.69, 9.17) is 17.3 Å². The standard InChI is InChI=1S/C10H8ClN3/c11-8-4-7(5-13-6-8)10-9(12)2-1-3-14-10/h1-6H,12H2. The zero-order valence-corrected chi connectivity index (χ0v) is 8.07. The Balaban J connectivity index is 2.55. The molecule has 0 saturated carbocycles. The summed E-state index contributed by atoms with van der Waals surface area (Å²) in [5, 5.41) is 0.576. The van der Waals surface area contributed by atoms with E-state index in [1.165, 1.54) is 0 Å². The van der Waals surface area contributed by atoms with E-state index in [-0.39, 0.29) is 0 Å². The van der Waals surface area contributed by atoms with Crippen molar-refractivity contribution < 1.29 is 0 Å². The molecule has 2 aromatic rings. The quantitative estimate of drug-likeness (QED) is 0.778. The molecule has 0 fully saturated rings. The van der Waals surface area contributed by atoms with Gasteiger partial charge in [-0.1, -0.05) is 11.6 Å². The van der Waals surface area contributed by atoms with Crippen molar-refractivity contribution in [2.24, 2.45) is 0 Å². The van der Waals surface area contributed by atoms with E-state index in [0.717, 1.165) is 5.56 Å². The third kappa shape index (κ3) is 1.67. The Morgan fingerprint density at radius 1 is 1.29 bits per heavy atom. The summed E-state index contributed by atoms with van der Waals surface area (Å²) in [5.74, 6) is 0. The highest BCUT2D eigenvalue weighted by Crippen LogP contribution is 2.23. The van der Waals surface area contributed by atoms with Gasteiger partial charge in [0.05, 0.1) is 16.4 Å². The molecule has 2 aromatic heterocycles. The summed E-state index contributed by atoms with van der Waals surface area (Å²) in [6.45, 7) is 0. The monoisotopic (exact) mass is 205 g/mol. The SMILES string of the molecule is Nc1cccnc1-c1cncc(Cl)c1. The van der Waals surface area contributed by atoms with Crippen molar-refractivity contribution in [3.63, 3.8) is 0 Å². The first kappa shape index (κ1) is 8.97. The van der Waals surface area contributed by atoms with Crippen molar-refractivity contribution in [3.05, 3.63) is 41.8 Å². The smallest absolute Gasteiger partial charge is 0.0947 e. The predicted molar refractivity (Wildman–Crippen MR) is 56.9 cm³/mol. The molecule has 2 heterocycles. The fraction of sp³-hybridized carbons (Fsp3) is 0. The number of halogens is 1. The Hall–Kier alpha value is -1.61. The van der Waals surface area contributed by atoms with Crippen LogP contribution in [-0.2, 0) is 0 Å². The molecule has 14 heavy (non-hydrogen) atoms. The number of hydrogen-bond donors (Lipinski definition) is 1. The Labute approximate surface area is 86.6 Å². The number of pyridine rings is 2. The normalized spacial score (nSPS) is 10.1. The number of nitrogens with two attached hydrogens (primary N) is 1. The molecule has 2 N–H and O–H groups in total. The molecule has 0 bridgehead atoms. The van der Waals surface area contributed by atoms with Crippen LogP contribution in [0.3, 0.4) is 0 Å². The Bertz CT molecular complexity index is 457. The molecule has 0 spiro atoms. The fourth-order valence-corrected chi connectivity index (χ4v) is 1.37. The van der Waals surface area contributed by atoms with Crippen molar-refractivity contribution in [1.82, 2.24) is 9.97 Å².